The highest BCUT2D eigenvalue weighted by Crippen LogP contribution is 2.25. The van der Waals surface area contributed by atoms with Gasteiger partial charge in [0.05, 0.1) is 22.0 Å². The maximum absolute atomic E-state index is 13.5. The van der Waals surface area contributed by atoms with Crippen molar-refractivity contribution in [1.29, 1.82) is 0 Å². The van der Waals surface area contributed by atoms with Gasteiger partial charge < -0.3 is 4.74 Å². The summed E-state index contributed by atoms with van der Waals surface area (Å²) >= 11 is 3.38. The van der Waals surface area contributed by atoms with Crippen molar-refractivity contribution in [2.75, 3.05) is 0 Å². The number of benzene rings is 3. The van der Waals surface area contributed by atoms with Crippen molar-refractivity contribution in [3.63, 3.8) is 0 Å². The van der Waals surface area contributed by atoms with E-state index in [-0.39, 0.29) is 29.3 Å². The molecule has 0 N–H and O–H groups in total. The largest absolute Gasteiger partial charge is 0.488 e. The lowest BCUT2D eigenvalue weighted by molar-refractivity contribution is -0.384. The van der Waals surface area contributed by atoms with Gasteiger partial charge in [0.15, 0.2) is 0 Å². The molecule has 1 heterocycles. The van der Waals surface area contributed by atoms with Gasteiger partial charge in [0.1, 0.15) is 24.0 Å². The third-order valence-electron chi connectivity index (χ3n) is 5.69. The van der Waals surface area contributed by atoms with Crippen LogP contribution in [0.5, 0.6) is 5.75 Å². The lowest BCUT2D eigenvalue weighted by atomic mass is 10.1. The van der Waals surface area contributed by atoms with E-state index in [1.54, 1.807) is 24.3 Å². The van der Waals surface area contributed by atoms with Gasteiger partial charge in [-0.1, -0.05) is 41.9 Å². The zero-order valence-electron chi connectivity index (χ0n) is 19.5. The number of hydrogen-bond acceptors (Lipinski definition) is 6. The highest BCUT2D eigenvalue weighted by atomic mass is 79.9. The third-order valence-corrected chi connectivity index (χ3v) is 6.18. The Morgan fingerprint density at radius 3 is 2.75 bits per heavy atom. The molecule has 0 saturated carbocycles. The summed E-state index contributed by atoms with van der Waals surface area (Å²) in [4.78, 5) is 28.9. The van der Waals surface area contributed by atoms with Crippen molar-refractivity contribution >= 4 is 38.7 Å². The fourth-order valence-corrected chi connectivity index (χ4v) is 3.93. The number of fused-ring (bicyclic) bond motifs is 1. The second kappa shape index (κ2) is 10.8. The second-order valence-electron chi connectivity index (χ2n) is 8.20. The minimum Gasteiger partial charge on any atom is -0.488 e. The summed E-state index contributed by atoms with van der Waals surface area (Å²) in [5.41, 5.74) is 0.914. The van der Waals surface area contributed by atoms with E-state index in [1.807, 2.05) is 19.9 Å². The van der Waals surface area contributed by atoms with Crippen LogP contribution in [0.4, 0.5) is 10.1 Å². The van der Waals surface area contributed by atoms with Crippen LogP contribution in [0, 0.1) is 15.9 Å². The number of nitro groups is 1. The molecule has 184 valence electrons. The molecule has 1 aromatic heterocycles. The number of non-ortho nitro benzene ring substituents is 1. The van der Waals surface area contributed by atoms with E-state index in [0.717, 1.165) is 10.9 Å². The van der Waals surface area contributed by atoms with Crippen LogP contribution in [-0.4, -0.2) is 20.8 Å². The Morgan fingerprint density at radius 1 is 1.22 bits per heavy atom. The first kappa shape index (κ1) is 25.2. The Hall–Kier alpha value is -3.92. The van der Waals surface area contributed by atoms with Crippen molar-refractivity contribution in [3.8, 4) is 5.75 Å². The average molecular weight is 553 g/mol. The predicted molar refractivity (Wildman–Crippen MR) is 139 cm³/mol. The monoisotopic (exact) mass is 552 g/mol. The van der Waals surface area contributed by atoms with Gasteiger partial charge in [0, 0.05) is 28.1 Å². The molecule has 3 aromatic carbocycles. The van der Waals surface area contributed by atoms with Crippen molar-refractivity contribution in [1.82, 2.24) is 9.66 Å². The molecule has 0 aliphatic carbocycles. The van der Waals surface area contributed by atoms with Crippen molar-refractivity contribution in [3.05, 3.63) is 108 Å². The first-order valence-electron chi connectivity index (χ1n) is 11.2. The van der Waals surface area contributed by atoms with Crippen LogP contribution >= 0.6 is 15.9 Å². The normalized spacial score (nSPS) is 12.2. The minimum absolute atomic E-state index is 0.0417. The van der Waals surface area contributed by atoms with Crippen LogP contribution in [0.2, 0.25) is 0 Å². The molecular weight excluding hydrogens is 531 g/mol. The fraction of sp³-hybridized carbons (Fsp3) is 0.192. The van der Waals surface area contributed by atoms with Crippen molar-refractivity contribution < 1.29 is 14.1 Å². The Morgan fingerprint density at radius 2 is 2.03 bits per heavy atom. The SMILES string of the molecule is CC[C@@H](C)c1nc2ccc(Br)cc2c(=O)n1N=Cc1cc([N+](=O)[O-])ccc1OCc1cccc(F)c1. The number of ether oxygens (including phenoxy) is 1. The maximum Gasteiger partial charge on any atom is 0.282 e. The molecule has 4 aromatic rings. The standard InChI is InChI=1S/C26H22BrFN4O4/c1-3-16(2)25-30-23-9-7-19(27)13-22(23)26(33)31(25)29-14-18-12-21(32(34)35)8-10-24(18)36-15-17-5-4-6-20(28)11-17/h4-14,16H,3,15H2,1-2H3/t16-/m1/s1. The van der Waals surface area contributed by atoms with E-state index in [0.29, 0.717) is 28.0 Å². The number of halogens is 2. The molecular formula is C26H22BrFN4O4. The first-order chi connectivity index (χ1) is 17.3. The van der Waals surface area contributed by atoms with Gasteiger partial charge in [-0.15, -0.1) is 0 Å². The molecule has 0 aliphatic heterocycles. The van der Waals surface area contributed by atoms with Crippen LogP contribution in [0.25, 0.3) is 10.9 Å². The van der Waals surface area contributed by atoms with E-state index < -0.39 is 10.7 Å². The molecule has 4 rings (SSSR count). The lowest BCUT2D eigenvalue weighted by Gasteiger charge is -2.14. The Kier molecular flexibility index (Phi) is 7.54. The summed E-state index contributed by atoms with van der Waals surface area (Å²) in [7, 11) is 0. The van der Waals surface area contributed by atoms with Gasteiger partial charge in [-0.25, -0.2) is 9.37 Å². The summed E-state index contributed by atoms with van der Waals surface area (Å²) < 4.78 is 21.3. The number of rotatable bonds is 8. The van der Waals surface area contributed by atoms with E-state index in [1.165, 1.54) is 41.2 Å². The van der Waals surface area contributed by atoms with Crippen LogP contribution in [0.1, 0.15) is 43.1 Å². The summed E-state index contributed by atoms with van der Waals surface area (Å²) in [5.74, 6) is 0.301. The molecule has 0 amide bonds. The van der Waals surface area contributed by atoms with Gasteiger partial charge in [0.25, 0.3) is 11.2 Å². The minimum atomic E-state index is -0.528. The van der Waals surface area contributed by atoms with E-state index in [4.69, 9.17) is 4.74 Å². The molecule has 36 heavy (non-hydrogen) atoms. The second-order valence-corrected chi connectivity index (χ2v) is 9.12. The van der Waals surface area contributed by atoms with Gasteiger partial charge in [-0.2, -0.15) is 9.78 Å². The summed E-state index contributed by atoms with van der Waals surface area (Å²) in [6.45, 7) is 3.97. The van der Waals surface area contributed by atoms with E-state index in [9.17, 15) is 19.3 Å². The maximum atomic E-state index is 13.5. The Bertz CT molecular complexity index is 1540. The number of hydrogen-bond donors (Lipinski definition) is 0. The number of nitro benzene ring substituents is 1. The summed E-state index contributed by atoms with van der Waals surface area (Å²) in [5, 5.41) is 16.2. The molecule has 10 heteroatoms. The van der Waals surface area contributed by atoms with Gasteiger partial charge in [-0.05, 0) is 48.4 Å². The van der Waals surface area contributed by atoms with Crippen LogP contribution in [-0.2, 0) is 6.61 Å². The zero-order valence-corrected chi connectivity index (χ0v) is 21.1. The van der Waals surface area contributed by atoms with Crippen LogP contribution in [0.15, 0.2) is 75.0 Å². The fourth-order valence-electron chi connectivity index (χ4n) is 3.57. The lowest BCUT2D eigenvalue weighted by Crippen LogP contribution is -2.23. The molecule has 8 nitrogen and oxygen atoms in total. The quantitative estimate of drug-likeness (QED) is 0.147. The topological polar surface area (TPSA) is 99.6 Å². The summed E-state index contributed by atoms with van der Waals surface area (Å²) in [6.07, 6.45) is 2.06. The highest BCUT2D eigenvalue weighted by molar-refractivity contribution is 9.10. The average Bonchev–Trinajstić information content (AvgIpc) is 2.86. The van der Waals surface area contributed by atoms with Gasteiger partial charge in [0.2, 0.25) is 0 Å². The van der Waals surface area contributed by atoms with Gasteiger partial charge >= 0.3 is 0 Å². The van der Waals surface area contributed by atoms with Crippen LogP contribution < -0.4 is 10.3 Å². The predicted octanol–water partition coefficient (Wildman–Crippen LogP) is 6.18. The third kappa shape index (κ3) is 5.49. The number of nitrogens with zero attached hydrogens (tertiary/aromatic N) is 4. The van der Waals surface area contributed by atoms with Crippen molar-refractivity contribution in [2.45, 2.75) is 32.8 Å². The molecule has 0 spiro atoms. The molecule has 0 bridgehead atoms. The number of aromatic nitrogens is 2. The zero-order chi connectivity index (χ0) is 25.8. The Balaban J connectivity index is 1.79. The molecule has 0 radical (unpaired) electrons. The molecule has 0 unspecified atom stereocenters. The van der Waals surface area contributed by atoms with E-state index in [2.05, 4.69) is 26.0 Å². The summed E-state index contributed by atoms with van der Waals surface area (Å²) in [6, 6.07) is 15.3. The smallest absolute Gasteiger partial charge is 0.282 e. The van der Waals surface area contributed by atoms with E-state index >= 15 is 0 Å². The van der Waals surface area contributed by atoms with Gasteiger partial charge in [-0.3, -0.25) is 14.9 Å². The molecule has 0 saturated heterocycles. The first-order valence-corrected chi connectivity index (χ1v) is 12.0. The van der Waals surface area contributed by atoms with Crippen molar-refractivity contribution in [2.24, 2.45) is 5.10 Å². The Labute approximate surface area is 214 Å². The molecule has 0 aliphatic rings. The van der Waals surface area contributed by atoms with Crippen LogP contribution in [0.3, 0.4) is 0 Å². The molecule has 1 atom stereocenters. The molecule has 0 fully saturated rings. The highest BCUT2D eigenvalue weighted by Gasteiger charge is 2.17.